The van der Waals surface area contributed by atoms with Crippen molar-refractivity contribution in [3.63, 3.8) is 0 Å². The molecule has 0 aliphatic heterocycles. The van der Waals surface area contributed by atoms with E-state index in [4.69, 9.17) is 10.00 Å². The fraction of sp³-hybridized carbons (Fsp3) is 0.167. The molecule has 0 aliphatic rings. The highest BCUT2D eigenvalue weighted by atomic mass is 16.5. The number of nitrogens with zero attached hydrogens (tertiary/aromatic N) is 1. The number of nitriles is 1. The molecule has 1 aromatic rings. The van der Waals surface area contributed by atoms with Crippen LogP contribution in [0.2, 0.25) is 0 Å². The molecule has 0 amide bonds. The van der Waals surface area contributed by atoms with Crippen LogP contribution in [0.4, 0.5) is 0 Å². The van der Waals surface area contributed by atoms with Gasteiger partial charge in [0.25, 0.3) is 0 Å². The lowest BCUT2D eigenvalue weighted by Gasteiger charge is -1.95. The second kappa shape index (κ2) is 5.61. The van der Waals surface area contributed by atoms with Gasteiger partial charge < -0.3 is 4.74 Å². The van der Waals surface area contributed by atoms with Crippen molar-refractivity contribution in [2.75, 3.05) is 6.61 Å². The Labute approximate surface area is 88.6 Å². The van der Waals surface area contributed by atoms with Crippen molar-refractivity contribution in [2.45, 2.75) is 6.92 Å². The number of rotatable bonds is 3. The number of ether oxygens (including phenoxy) is 1. The normalized spacial score (nSPS) is 9.87. The van der Waals surface area contributed by atoms with E-state index in [-0.39, 0.29) is 12.6 Å². The van der Waals surface area contributed by atoms with E-state index < -0.39 is 0 Å². The predicted octanol–water partition coefficient (Wildman–Crippen LogP) is 2.13. The van der Waals surface area contributed by atoms with Gasteiger partial charge in [-0.15, -0.1) is 0 Å². The van der Waals surface area contributed by atoms with Gasteiger partial charge in [0.2, 0.25) is 0 Å². The topological polar surface area (TPSA) is 50.1 Å². The summed E-state index contributed by atoms with van der Waals surface area (Å²) in [4.78, 5) is 10.4. The fourth-order valence-electron chi connectivity index (χ4n) is 1.02. The smallest absolute Gasteiger partial charge is 0.302 e. The van der Waals surface area contributed by atoms with E-state index in [0.717, 1.165) is 5.56 Å². The lowest BCUT2D eigenvalue weighted by Crippen LogP contribution is -1.97. The first-order valence-electron chi connectivity index (χ1n) is 4.52. The van der Waals surface area contributed by atoms with Crippen molar-refractivity contribution in [2.24, 2.45) is 0 Å². The quantitative estimate of drug-likeness (QED) is 0.704. The number of carbonyl (C=O) groups is 1. The SMILES string of the molecule is CC(=O)OC/C=C/c1ccc(C#N)cc1. The molecule has 0 unspecified atom stereocenters. The van der Waals surface area contributed by atoms with Crippen LogP contribution in [0.1, 0.15) is 18.1 Å². The van der Waals surface area contributed by atoms with Crippen molar-refractivity contribution in [1.29, 1.82) is 5.26 Å². The molecule has 1 rings (SSSR count). The summed E-state index contributed by atoms with van der Waals surface area (Å²) in [6.07, 6.45) is 3.59. The van der Waals surface area contributed by atoms with Gasteiger partial charge in [0.15, 0.2) is 0 Å². The zero-order chi connectivity index (χ0) is 11.1. The number of hydrogen-bond acceptors (Lipinski definition) is 3. The van der Waals surface area contributed by atoms with Gasteiger partial charge in [0.1, 0.15) is 6.61 Å². The summed E-state index contributed by atoms with van der Waals surface area (Å²) in [5.41, 5.74) is 1.60. The first-order valence-corrected chi connectivity index (χ1v) is 4.52. The van der Waals surface area contributed by atoms with Gasteiger partial charge in [-0.05, 0) is 23.8 Å². The molecular weight excluding hydrogens is 190 g/mol. The van der Waals surface area contributed by atoms with E-state index in [1.165, 1.54) is 6.92 Å². The molecular formula is C12H11NO2. The van der Waals surface area contributed by atoms with E-state index >= 15 is 0 Å². The molecule has 15 heavy (non-hydrogen) atoms. The van der Waals surface area contributed by atoms with Gasteiger partial charge in [0, 0.05) is 6.92 Å². The minimum absolute atomic E-state index is 0.273. The van der Waals surface area contributed by atoms with Crippen LogP contribution in [-0.4, -0.2) is 12.6 Å². The third-order valence-corrected chi connectivity index (χ3v) is 1.73. The summed E-state index contributed by atoms with van der Waals surface area (Å²) in [6.45, 7) is 1.64. The molecule has 0 aliphatic carbocycles. The van der Waals surface area contributed by atoms with Crippen molar-refractivity contribution in [1.82, 2.24) is 0 Å². The third-order valence-electron chi connectivity index (χ3n) is 1.73. The summed E-state index contributed by atoms with van der Waals surface area (Å²) < 4.78 is 4.73. The summed E-state index contributed by atoms with van der Waals surface area (Å²) >= 11 is 0. The molecule has 0 heterocycles. The van der Waals surface area contributed by atoms with Gasteiger partial charge in [-0.1, -0.05) is 18.2 Å². The van der Waals surface area contributed by atoms with E-state index in [2.05, 4.69) is 0 Å². The molecule has 3 heteroatoms. The van der Waals surface area contributed by atoms with Crippen molar-refractivity contribution < 1.29 is 9.53 Å². The van der Waals surface area contributed by atoms with Gasteiger partial charge in [-0.3, -0.25) is 4.79 Å². The summed E-state index contributed by atoms with van der Waals surface area (Å²) in [7, 11) is 0. The Balaban J connectivity index is 2.50. The molecule has 0 saturated heterocycles. The van der Waals surface area contributed by atoms with Crippen molar-refractivity contribution >= 4 is 12.0 Å². The van der Waals surface area contributed by atoms with Crippen molar-refractivity contribution in [3.8, 4) is 6.07 Å². The second-order valence-corrected chi connectivity index (χ2v) is 2.94. The minimum Gasteiger partial charge on any atom is -0.462 e. The molecule has 0 bridgehead atoms. The lowest BCUT2D eigenvalue weighted by molar-refractivity contribution is -0.139. The maximum absolute atomic E-state index is 10.4. The van der Waals surface area contributed by atoms with Crippen LogP contribution in [0.5, 0.6) is 0 Å². The highest BCUT2D eigenvalue weighted by molar-refractivity contribution is 5.66. The number of esters is 1. The Bertz CT molecular complexity index is 399. The molecule has 0 radical (unpaired) electrons. The average molecular weight is 201 g/mol. The van der Waals surface area contributed by atoms with Gasteiger partial charge in [-0.25, -0.2) is 0 Å². The van der Waals surface area contributed by atoms with Crippen molar-refractivity contribution in [3.05, 3.63) is 41.5 Å². The Morgan fingerprint density at radius 1 is 1.47 bits per heavy atom. The molecule has 1 aromatic carbocycles. The third kappa shape index (κ3) is 4.10. The first-order chi connectivity index (χ1) is 7.22. The lowest BCUT2D eigenvalue weighted by atomic mass is 10.1. The molecule has 0 atom stereocenters. The van der Waals surface area contributed by atoms with Gasteiger partial charge in [-0.2, -0.15) is 5.26 Å². The van der Waals surface area contributed by atoms with Crippen LogP contribution in [0, 0.1) is 11.3 Å². The number of benzene rings is 1. The van der Waals surface area contributed by atoms with Crippen LogP contribution >= 0.6 is 0 Å². The minimum atomic E-state index is -0.292. The monoisotopic (exact) mass is 201 g/mol. The van der Waals surface area contributed by atoms with Crippen LogP contribution in [0.3, 0.4) is 0 Å². The summed E-state index contributed by atoms with van der Waals surface area (Å²) in [5.74, 6) is -0.292. The first kappa shape index (κ1) is 11.0. The van der Waals surface area contributed by atoms with Crippen LogP contribution in [0.15, 0.2) is 30.3 Å². The Kier molecular flexibility index (Phi) is 4.11. The van der Waals surface area contributed by atoms with Gasteiger partial charge >= 0.3 is 5.97 Å². The van der Waals surface area contributed by atoms with E-state index in [9.17, 15) is 4.79 Å². The molecule has 0 fully saturated rings. The van der Waals surface area contributed by atoms with E-state index in [1.54, 1.807) is 18.2 Å². The van der Waals surface area contributed by atoms with Gasteiger partial charge in [0.05, 0.1) is 11.6 Å². The number of hydrogen-bond donors (Lipinski definition) is 0. The maximum Gasteiger partial charge on any atom is 0.302 e. The van der Waals surface area contributed by atoms with Crippen LogP contribution in [-0.2, 0) is 9.53 Å². The fourth-order valence-corrected chi connectivity index (χ4v) is 1.02. The zero-order valence-electron chi connectivity index (χ0n) is 8.43. The molecule has 3 nitrogen and oxygen atoms in total. The second-order valence-electron chi connectivity index (χ2n) is 2.94. The molecule has 0 spiro atoms. The molecule has 0 N–H and O–H groups in total. The Morgan fingerprint density at radius 3 is 2.67 bits per heavy atom. The van der Waals surface area contributed by atoms with Crippen LogP contribution in [0.25, 0.3) is 6.08 Å². The summed E-state index contributed by atoms with van der Waals surface area (Å²) in [6, 6.07) is 9.20. The standard InChI is InChI=1S/C12H11NO2/c1-10(14)15-8-2-3-11-4-6-12(9-13)7-5-11/h2-7H,8H2,1H3/b3-2+. The molecule has 0 aromatic heterocycles. The van der Waals surface area contributed by atoms with E-state index in [0.29, 0.717) is 5.56 Å². The largest absolute Gasteiger partial charge is 0.462 e. The molecule has 0 saturated carbocycles. The van der Waals surface area contributed by atoms with E-state index in [1.807, 2.05) is 24.3 Å². The highest BCUT2D eigenvalue weighted by Gasteiger charge is 1.90. The highest BCUT2D eigenvalue weighted by Crippen LogP contribution is 2.04. The van der Waals surface area contributed by atoms with Crippen LogP contribution < -0.4 is 0 Å². The average Bonchev–Trinajstić information content (AvgIpc) is 2.25. The zero-order valence-corrected chi connectivity index (χ0v) is 8.43. The summed E-state index contributed by atoms with van der Waals surface area (Å²) in [5, 5.41) is 8.58. The maximum atomic E-state index is 10.4. The predicted molar refractivity (Wildman–Crippen MR) is 56.8 cm³/mol. The molecule has 76 valence electrons. The Morgan fingerprint density at radius 2 is 2.13 bits per heavy atom. The Hall–Kier alpha value is -2.08. The number of carbonyl (C=O) groups excluding carboxylic acids is 1.